The van der Waals surface area contributed by atoms with E-state index in [-0.39, 0.29) is 25.7 Å². The summed E-state index contributed by atoms with van der Waals surface area (Å²) in [5, 5.41) is 10.6. The monoisotopic (exact) mass is 1470 g/mol. The summed E-state index contributed by atoms with van der Waals surface area (Å²) in [7, 11) is -9.92. The number of hydrogen-bond acceptors (Lipinski definition) is 15. The van der Waals surface area contributed by atoms with Crippen LogP contribution in [-0.4, -0.2) is 96.7 Å². The Morgan fingerprint density at radius 2 is 0.480 bits per heavy atom. The average Bonchev–Trinajstić information content (AvgIpc) is 0.975. The molecule has 0 aromatic rings. The lowest BCUT2D eigenvalue weighted by atomic mass is 9.99. The van der Waals surface area contributed by atoms with E-state index >= 15 is 0 Å². The normalized spacial score (nSPS) is 14.6. The number of hydrogen-bond donors (Lipinski definition) is 3. The molecule has 0 heterocycles. The Morgan fingerprint density at radius 3 is 0.710 bits per heavy atom. The van der Waals surface area contributed by atoms with E-state index < -0.39 is 97.5 Å². The van der Waals surface area contributed by atoms with Crippen molar-refractivity contribution in [1.29, 1.82) is 0 Å². The van der Waals surface area contributed by atoms with Gasteiger partial charge in [0.25, 0.3) is 0 Å². The minimum atomic E-state index is -4.96. The highest BCUT2D eigenvalue weighted by atomic mass is 31.2. The number of ether oxygens (including phenoxy) is 4. The van der Waals surface area contributed by atoms with E-state index in [1.54, 1.807) is 0 Å². The van der Waals surface area contributed by atoms with Gasteiger partial charge in [0.2, 0.25) is 0 Å². The topological polar surface area (TPSA) is 237 Å². The minimum absolute atomic E-state index is 0.106. The van der Waals surface area contributed by atoms with Crippen molar-refractivity contribution in [3.8, 4) is 0 Å². The lowest BCUT2D eigenvalue weighted by Gasteiger charge is -2.21. The second-order valence-electron chi connectivity index (χ2n) is 30.6. The van der Waals surface area contributed by atoms with Crippen molar-refractivity contribution in [3.63, 3.8) is 0 Å². The zero-order valence-corrected chi connectivity index (χ0v) is 67.6. The summed E-state index contributed by atoms with van der Waals surface area (Å²) in [5.74, 6) is 1.02. The van der Waals surface area contributed by atoms with Gasteiger partial charge < -0.3 is 33.8 Å². The number of phosphoric ester groups is 2. The highest BCUT2D eigenvalue weighted by molar-refractivity contribution is 7.47. The molecule has 3 N–H and O–H groups in total. The molecule has 4 unspecified atom stereocenters. The number of carbonyl (C=O) groups is 4. The Kier molecular flexibility index (Phi) is 68.7. The van der Waals surface area contributed by atoms with Gasteiger partial charge in [-0.3, -0.25) is 37.3 Å². The maximum absolute atomic E-state index is 13.1. The molecule has 594 valence electrons. The van der Waals surface area contributed by atoms with Gasteiger partial charge >= 0.3 is 39.5 Å². The van der Waals surface area contributed by atoms with Crippen LogP contribution in [-0.2, 0) is 65.4 Å². The highest BCUT2D eigenvalue weighted by Gasteiger charge is 2.30. The van der Waals surface area contributed by atoms with Gasteiger partial charge in [0.1, 0.15) is 19.3 Å². The first-order valence-corrected chi connectivity index (χ1v) is 44.8. The molecule has 0 fully saturated rings. The van der Waals surface area contributed by atoms with Gasteiger partial charge in [-0.1, -0.05) is 364 Å². The maximum atomic E-state index is 13.1. The molecule has 0 aromatic carbocycles. The molecule has 0 aliphatic rings. The number of aliphatic hydroxyl groups excluding tert-OH is 1. The summed E-state index contributed by atoms with van der Waals surface area (Å²) in [6.07, 6.45) is 56.9. The molecule has 19 heteroatoms. The highest BCUT2D eigenvalue weighted by Crippen LogP contribution is 2.45. The van der Waals surface area contributed by atoms with Crippen LogP contribution in [0.2, 0.25) is 0 Å². The van der Waals surface area contributed by atoms with Gasteiger partial charge in [-0.15, -0.1) is 0 Å². The smallest absolute Gasteiger partial charge is 0.462 e. The van der Waals surface area contributed by atoms with Crippen LogP contribution < -0.4 is 0 Å². The van der Waals surface area contributed by atoms with E-state index in [2.05, 4.69) is 55.4 Å². The molecule has 0 bridgehead atoms. The number of rotatable bonds is 78. The van der Waals surface area contributed by atoms with Crippen LogP contribution in [0.4, 0.5) is 0 Å². The number of phosphoric acid groups is 2. The zero-order valence-electron chi connectivity index (χ0n) is 65.8. The summed E-state index contributed by atoms with van der Waals surface area (Å²) in [4.78, 5) is 73.0. The predicted octanol–water partition coefficient (Wildman–Crippen LogP) is 24.0. The molecule has 0 aromatic heterocycles. The van der Waals surface area contributed by atoms with Crippen LogP contribution in [0.1, 0.15) is 415 Å². The molecule has 17 nitrogen and oxygen atoms in total. The van der Waals surface area contributed by atoms with Gasteiger partial charge in [0, 0.05) is 25.7 Å². The molecule has 0 saturated carbocycles. The second-order valence-corrected chi connectivity index (χ2v) is 33.5. The summed E-state index contributed by atoms with van der Waals surface area (Å²) in [6, 6.07) is 0. The Bertz CT molecular complexity index is 1960. The van der Waals surface area contributed by atoms with Crippen molar-refractivity contribution in [2.45, 2.75) is 433 Å². The molecular formula is C81H158O17P2. The van der Waals surface area contributed by atoms with Crippen LogP contribution in [0.3, 0.4) is 0 Å². The molecule has 0 rings (SSSR count). The molecule has 0 radical (unpaired) electrons. The lowest BCUT2D eigenvalue weighted by molar-refractivity contribution is -0.161. The van der Waals surface area contributed by atoms with Crippen LogP contribution in [0.25, 0.3) is 0 Å². The quantitative estimate of drug-likeness (QED) is 0.0222. The first-order chi connectivity index (χ1) is 48.2. The standard InChI is InChI=1S/C81H158O17P2/c1-9-73(7)59-51-43-34-28-22-18-15-16-20-24-31-37-47-55-63-80(85)98-77(68-92-79(84)62-54-46-40-39-42-50-58-72(5)6)70-96-100(89,90)94-66-75(82)65-93-99(87,88)95-69-76(97-81(86)64-56-48-38-32-26-25-29-35-44-52-60-74(8)10-2)67-91-78(83)61-53-45-36-30-23-19-14-12-11-13-17-21-27-33-41-49-57-71(3)4/h71-77,82H,9-70H2,1-8H3,(H,87,88)(H,89,90)/t73?,74?,75-,76-,77-/m1/s1. The summed E-state index contributed by atoms with van der Waals surface area (Å²) in [6.45, 7) is 14.3. The first-order valence-electron chi connectivity index (χ1n) is 41.8. The maximum Gasteiger partial charge on any atom is 0.472 e. The summed E-state index contributed by atoms with van der Waals surface area (Å²) >= 11 is 0. The fourth-order valence-corrected chi connectivity index (χ4v) is 13.9. The molecule has 0 spiro atoms. The molecule has 0 saturated heterocycles. The van der Waals surface area contributed by atoms with Crippen LogP contribution >= 0.6 is 15.6 Å². The van der Waals surface area contributed by atoms with Crippen molar-refractivity contribution in [2.24, 2.45) is 23.7 Å². The van der Waals surface area contributed by atoms with Crippen molar-refractivity contribution in [2.75, 3.05) is 39.6 Å². The van der Waals surface area contributed by atoms with E-state index in [4.69, 9.17) is 37.0 Å². The molecule has 100 heavy (non-hydrogen) atoms. The van der Waals surface area contributed by atoms with Crippen molar-refractivity contribution >= 4 is 39.5 Å². The van der Waals surface area contributed by atoms with Crippen molar-refractivity contribution in [1.82, 2.24) is 0 Å². The molecule has 0 aliphatic heterocycles. The average molecular weight is 1470 g/mol. The van der Waals surface area contributed by atoms with Gasteiger partial charge in [0.15, 0.2) is 12.2 Å². The number of carbonyl (C=O) groups excluding carboxylic acids is 4. The Hall–Kier alpha value is -1.94. The third-order valence-corrected chi connectivity index (χ3v) is 21.4. The second kappa shape index (κ2) is 70.1. The molecule has 0 aliphatic carbocycles. The molecular weight excluding hydrogens is 1310 g/mol. The Labute approximate surface area is 613 Å². The number of aliphatic hydroxyl groups is 1. The summed E-state index contributed by atoms with van der Waals surface area (Å²) in [5.41, 5.74) is 0. The van der Waals surface area contributed by atoms with Crippen LogP contribution in [0.15, 0.2) is 0 Å². The van der Waals surface area contributed by atoms with E-state index in [1.807, 2.05) is 0 Å². The van der Waals surface area contributed by atoms with E-state index in [0.29, 0.717) is 31.6 Å². The Morgan fingerprint density at radius 1 is 0.280 bits per heavy atom. The van der Waals surface area contributed by atoms with E-state index in [0.717, 1.165) is 114 Å². The molecule has 0 amide bonds. The SMILES string of the molecule is CCC(C)CCCCCCCCCCCCCCCCC(=O)O[C@H](COC(=O)CCCCCCCCC(C)C)COP(=O)(O)OC[C@H](O)COP(=O)(O)OC[C@@H](COC(=O)CCCCCCCCCCCCCCCCCCC(C)C)OC(=O)CCCCCCCCCCCCC(C)CC. The third kappa shape index (κ3) is 71.7. The van der Waals surface area contributed by atoms with Crippen molar-refractivity contribution < 1.29 is 80.2 Å². The fourth-order valence-electron chi connectivity index (χ4n) is 12.4. The van der Waals surface area contributed by atoms with Gasteiger partial charge in [-0.2, -0.15) is 0 Å². The van der Waals surface area contributed by atoms with Gasteiger partial charge in [-0.05, 0) is 49.4 Å². The third-order valence-electron chi connectivity index (χ3n) is 19.5. The van der Waals surface area contributed by atoms with Crippen molar-refractivity contribution in [3.05, 3.63) is 0 Å². The number of unbranched alkanes of at least 4 members (excludes halogenated alkanes) is 42. The molecule has 7 atom stereocenters. The van der Waals surface area contributed by atoms with E-state index in [9.17, 15) is 43.2 Å². The van der Waals surface area contributed by atoms with Crippen LogP contribution in [0, 0.1) is 23.7 Å². The largest absolute Gasteiger partial charge is 0.472 e. The summed E-state index contributed by atoms with van der Waals surface area (Å²) < 4.78 is 68.7. The minimum Gasteiger partial charge on any atom is -0.462 e. The lowest BCUT2D eigenvalue weighted by Crippen LogP contribution is -2.30. The predicted molar refractivity (Wildman–Crippen MR) is 409 cm³/mol. The van der Waals surface area contributed by atoms with Gasteiger partial charge in [-0.25, -0.2) is 9.13 Å². The first kappa shape index (κ1) is 98.1. The number of esters is 4. The van der Waals surface area contributed by atoms with E-state index in [1.165, 1.54) is 212 Å². The van der Waals surface area contributed by atoms with Crippen LogP contribution in [0.5, 0.6) is 0 Å². The zero-order chi connectivity index (χ0) is 73.8. The fraction of sp³-hybridized carbons (Fsp3) is 0.951. The van der Waals surface area contributed by atoms with Gasteiger partial charge in [0.05, 0.1) is 26.4 Å². The Balaban J connectivity index is 5.21.